The number of carbonyl (C=O) groups excluding carboxylic acids is 1. The van der Waals surface area contributed by atoms with Crippen LogP contribution in [0.5, 0.6) is 0 Å². The number of hydrogen-bond acceptors (Lipinski definition) is 5. The van der Waals surface area contributed by atoms with E-state index in [4.69, 9.17) is 0 Å². The molecule has 1 atom stereocenters. The van der Waals surface area contributed by atoms with Gasteiger partial charge in [-0.2, -0.15) is 5.10 Å². The number of aryl methyl sites for hydroxylation is 1. The molecule has 2 aromatic rings. The maximum Gasteiger partial charge on any atom is 0.274 e. The summed E-state index contributed by atoms with van der Waals surface area (Å²) in [6, 6.07) is 1.46. The van der Waals surface area contributed by atoms with Gasteiger partial charge in [-0.15, -0.1) is 0 Å². The van der Waals surface area contributed by atoms with Crippen molar-refractivity contribution in [3.05, 3.63) is 36.2 Å². The van der Waals surface area contributed by atoms with Crippen LogP contribution in [0.1, 0.15) is 22.2 Å². The minimum Gasteiger partial charge on any atom is -0.329 e. The molecule has 10 heteroatoms. The maximum absolute atomic E-state index is 12.6. The minimum absolute atomic E-state index is 0.178. The maximum atomic E-state index is 12.6. The number of aromatic nitrogens is 4. The van der Waals surface area contributed by atoms with Gasteiger partial charge in [0.1, 0.15) is 5.69 Å². The van der Waals surface area contributed by atoms with Crippen LogP contribution < -0.4 is 4.72 Å². The van der Waals surface area contributed by atoms with Crippen LogP contribution in [0.4, 0.5) is 0 Å². The first-order valence-electron chi connectivity index (χ1n) is 7.08. The summed E-state index contributed by atoms with van der Waals surface area (Å²) in [5.74, 6) is -0.178. The zero-order valence-electron chi connectivity index (χ0n) is 12.9. The van der Waals surface area contributed by atoms with E-state index in [9.17, 15) is 13.2 Å². The van der Waals surface area contributed by atoms with E-state index in [-0.39, 0.29) is 18.5 Å². The van der Waals surface area contributed by atoms with Crippen LogP contribution in [0.3, 0.4) is 0 Å². The summed E-state index contributed by atoms with van der Waals surface area (Å²) < 4.78 is 28.6. The Balaban J connectivity index is 1.81. The predicted molar refractivity (Wildman–Crippen MR) is 82.1 cm³/mol. The summed E-state index contributed by atoms with van der Waals surface area (Å²) in [6.45, 7) is 1.01. The number of nitrogens with zero attached hydrogens (tertiary/aromatic N) is 5. The van der Waals surface area contributed by atoms with Gasteiger partial charge in [0.15, 0.2) is 0 Å². The Morgan fingerprint density at radius 1 is 1.48 bits per heavy atom. The van der Waals surface area contributed by atoms with E-state index in [2.05, 4.69) is 14.8 Å². The number of rotatable bonds is 4. The summed E-state index contributed by atoms with van der Waals surface area (Å²) >= 11 is 0. The fraction of sp³-hybridized carbons (Fsp3) is 0.462. The summed E-state index contributed by atoms with van der Waals surface area (Å²) in [7, 11) is -1.55. The largest absolute Gasteiger partial charge is 0.329 e. The molecule has 1 N–H and O–H groups in total. The Labute approximate surface area is 134 Å². The second kappa shape index (κ2) is 5.78. The molecular weight excluding hydrogens is 320 g/mol. The Hall–Kier alpha value is -2.20. The van der Waals surface area contributed by atoms with E-state index in [0.717, 1.165) is 11.9 Å². The highest BCUT2D eigenvalue weighted by molar-refractivity contribution is 7.88. The lowest BCUT2D eigenvalue weighted by atomic mass is 10.1. The third-order valence-corrected chi connectivity index (χ3v) is 4.42. The number of fused-ring (bicyclic) bond motifs is 1. The van der Waals surface area contributed by atoms with Crippen LogP contribution in [0.25, 0.3) is 0 Å². The van der Waals surface area contributed by atoms with Gasteiger partial charge >= 0.3 is 0 Å². The third-order valence-electron chi connectivity index (χ3n) is 3.72. The lowest BCUT2D eigenvalue weighted by Gasteiger charge is -2.34. The Morgan fingerprint density at radius 3 is 2.91 bits per heavy atom. The van der Waals surface area contributed by atoms with E-state index >= 15 is 0 Å². The third kappa shape index (κ3) is 3.42. The van der Waals surface area contributed by atoms with Crippen molar-refractivity contribution in [2.75, 3.05) is 19.3 Å². The quantitative estimate of drug-likeness (QED) is 0.799. The van der Waals surface area contributed by atoms with Gasteiger partial charge in [-0.3, -0.25) is 9.48 Å². The number of carbonyl (C=O) groups is 1. The highest BCUT2D eigenvalue weighted by atomic mass is 32.2. The van der Waals surface area contributed by atoms with Crippen LogP contribution in [0.15, 0.2) is 24.8 Å². The van der Waals surface area contributed by atoms with Crippen molar-refractivity contribution >= 4 is 15.9 Å². The zero-order chi connectivity index (χ0) is 16.6. The van der Waals surface area contributed by atoms with Crippen molar-refractivity contribution in [1.29, 1.82) is 0 Å². The molecule has 0 radical (unpaired) electrons. The van der Waals surface area contributed by atoms with E-state index in [1.807, 2.05) is 4.57 Å². The fourth-order valence-electron chi connectivity index (χ4n) is 2.64. The molecule has 0 aliphatic carbocycles. The summed E-state index contributed by atoms with van der Waals surface area (Å²) in [6.07, 6.45) is 6.17. The molecule has 0 spiro atoms. The van der Waals surface area contributed by atoms with Crippen molar-refractivity contribution < 1.29 is 13.2 Å². The van der Waals surface area contributed by atoms with Gasteiger partial charge < -0.3 is 9.47 Å². The lowest BCUT2D eigenvalue weighted by molar-refractivity contribution is 0.0673. The highest BCUT2D eigenvalue weighted by Gasteiger charge is 2.29. The first-order chi connectivity index (χ1) is 10.8. The molecule has 1 aliphatic heterocycles. The zero-order valence-corrected chi connectivity index (χ0v) is 13.7. The van der Waals surface area contributed by atoms with E-state index in [0.29, 0.717) is 18.8 Å². The van der Waals surface area contributed by atoms with Gasteiger partial charge in [-0.25, -0.2) is 18.1 Å². The fourth-order valence-corrected chi connectivity index (χ4v) is 3.14. The molecule has 1 amide bonds. The van der Waals surface area contributed by atoms with Crippen molar-refractivity contribution in [3.8, 4) is 0 Å². The highest BCUT2D eigenvalue weighted by Crippen LogP contribution is 2.22. The lowest BCUT2D eigenvalue weighted by Crippen LogP contribution is -2.44. The predicted octanol–water partition coefficient (Wildman–Crippen LogP) is -0.637. The van der Waals surface area contributed by atoms with Crippen molar-refractivity contribution in [1.82, 2.24) is 29.0 Å². The van der Waals surface area contributed by atoms with Gasteiger partial charge in [0.25, 0.3) is 5.91 Å². The number of nitrogens with one attached hydrogen (secondary N) is 1. The molecule has 23 heavy (non-hydrogen) atoms. The first-order valence-corrected chi connectivity index (χ1v) is 8.97. The molecule has 0 fully saturated rings. The summed E-state index contributed by atoms with van der Waals surface area (Å²) in [4.78, 5) is 18.3. The molecule has 2 aromatic heterocycles. The second-order valence-corrected chi connectivity index (χ2v) is 7.46. The molecule has 0 bridgehead atoms. The van der Waals surface area contributed by atoms with Crippen molar-refractivity contribution in [2.24, 2.45) is 7.05 Å². The van der Waals surface area contributed by atoms with Gasteiger partial charge in [-0.1, -0.05) is 0 Å². The molecule has 0 unspecified atom stereocenters. The second-order valence-electron chi connectivity index (χ2n) is 5.63. The summed E-state index contributed by atoms with van der Waals surface area (Å²) in [5.41, 5.74) is 1.23. The van der Waals surface area contributed by atoms with E-state index < -0.39 is 10.0 Å². The van der Waals surface area contributed by atoms with Crippen LogP contribution in [-0.2, 0) is 23.6 Å². The van der Waals surface area contributed by atoms with Crippen LogP contribution in [0, 0.1) is 0 Å². The van der Waals surface area contributed by atoms with Crippen molar-refractivity contribution in [3.63, 3.8) is 0 Å². The molecule has 3 heterocycles. The number of hydrogen-bond donors (Lipinski definition) is 1. The Bertz CT molecular complexity index is 824. The SMILES string of the molecule is Cn1ccc(C(=O)N2Cc3cncn3[C@H](CNS(C)(=O)=O)C2)n1. The Morgan fingerprint density at radius 2 is 2.26 bits per heavy atom. The monoisotopic (exact) mass is 338 g/mol. The molecule has 9 nitrogen and oxygen atoms in total. The number of amides is 1. The van der Waals surface area contributed by atoms with Crippen LogP contribution in [-0.4, -0.2) is 57.9 Å². The van der Waals surface area contributed by atoms with Gasteiger partial charge in [0, 0.05) is 32.5 Å². The number of sulfonamides is 1. The van der Waals surface area contributed by atoms with Crippen LogP contribution in [0.2, 0.25) is 0 Å². The molecule has 1 aliphatic rings. The molecular formula is C13H18N6O3S. The summed E-state index contributed by atoms with van der Waals surface area (Å²) in [5, 5.41) is 4.13. The molecule has 124 valence electrons. The van der Waals surface area contributed by atoms with Gasteiger partial charge in [0.2, 0.25) is 10.0 Å². The number of imidazole rings is 1. The van der Waals surface area contributed by atoms with Gasteiger partial charge in [-0.05, 0) is 6.07 Å². The van der Waals surface area contributed by atoms with E-state index in [1.165, 1.54) is 0 Å². The van der Waals surface area contributed by atoms with Crippen molar-refractivity contribution in [2.45, 2.75) is 12.6 Å². The molecule has 0 saturated carbocycles. The van der Waals surface area contributed by atoms with Gasteiger partial charge in [0.05, 0.1) is 30.9 Å². The smallest absolute Gasteiger partial charge is 0.274 e. The minimum atomic E-state index is -3.30. The average molecular weight is 338 g/mol. The van der Waals surface area contributed by atoms with E-state index in [1.54, 1.807) is 41.4 Å². The van der Waals surface area contributed by atoms with Crippen LogP contribution >= 0.6 is 0 Å². The standard InChI is InChI=1S/C13H18N6O3S/c1-17-4-3-12(16-17)13(20)18-7-10-5-14-9-19(10)11(8-18)6-15-23(2,21)22/h3-5,9,11,15H,6-8H2,1-2H3/t11-/m1/s1. The first kappa shape index (κ1) is 15.7. The molecule has 0 aromatic carbocycles. The topological polar surface area (TPSA) is 102 Å². The Kier molecular flexibility index (Phi) is 3.94. The molecule has 3 rings (SSSR count). The average Bonchev–Trinajstić information content (AvgIpc) is 3.11. The molecule has 0 saturated heterocycles. The normalized spacial score (nSPS) is 18.0.